The molecule has 0 amide bonds. The van der Waals surface area contributed by atoms with Gasteiger partial charge in [0.25, 0.3) is 0 Å². The lowest BCUT2D eigenvalue weighted by atomic mass is 9.84. The molecular formula is C9H19NO2S. The van der Waals surface area contributed by atoms with Crippen molar-refractivity contribution in [1.82, 2.24) is 4.72 Å². The maximum Gasteiger partial charge on any atom is 0.208 e. The third-order valence-corrected chi connectivity index (χ3v) is 3.79. The van der Waals surface area contributed by atoms with E-state index in [0.717, 1.165) is 6.42 Å². The highest BCUT2D eigenvalue weighted by molar-refractivity contribution is 7.88. The van der Waals surface area contributed by atoms with E-state index in [1.54, 1.807) is 0 Å². The van der Waals surface area contributed by atoms with Crippen molar-refractivity contribution in [3.05, 3.63) is 0 Å². The second-order valence-corrected chi connectivity index (χ2v) is 5.99. The molecule has 4 heteroatoms. The lowest BCUT2D eigenvalue weighted by Crippen LogP contribution is -2.34. The Morgan fingerprint density at radius 3 is 2.23 bits per heavy atom. The Bertz CT molecular complexity index is 253. The summed E-state index contributed by atoms with van der Waals surface area (Å²) < 4.78 is 24.5. The molecule has 1 N–H and O–H groups in total. The fourth-order valence-corrected chi connectivity index (χ4v) is 2.63. The second kappa shape index (κ2) is 3.96. The molecule has 1 saturated carbocycles. The van der Waals surface area contributed by atoms with Gasteiger partial charge in [-0.1, -0.05) is 19.8 Å². The van der Waals surface area contributed by atoms with Gasteiger partial charge in [0.1, 0.15) is 0 Å². The Labute approximate surface area is 81.0 Å². The monoisotopic (exact) mass is 205 g/mol. The number of sulfonamides is 1. The van der Waals surface area contributed by atoms with E-state index in [0.29, 0.717) is 6.54 Å². The third-order valence-electron chi connectivity index (χ3n) is 3.12. The van der Waals surface area contributed by atoms with Crippen LogP contribution >= 0.6 is 0 Å². The van der Waals surface area contributed by atoms with Crippen molar-refractivity contribution in [2.45, 2.75) is 39.0 Å². The molecule has 0 bridgehead atoms. The molecule has 0 spiro atoms. The van der Waals surface area contributed by atoms with Gasteiger partial charge in [-0.3, -0.25) is 0 Å². The first-order valence-corrected chi connectivity index (χ1v) is 6.81. The summed E-state index contributed by atoms with van der Waals surface area (Å²) in [7, 11) is -3.01. The topological polar surface area (TPSA) is 46.2 Å². The van der Waals surface area contributed by atoms with Gasteiger partial charge in [0.15, 0.2) is 0 Å². The number of rotatable bonds is 4. The summed E-state index contributed by atoms with van der Waals surface area (Å²) in [6.45, 7) is 2.78. The van der Waals surface area contributed by atoms with Crippen LogP contribution in [0.15, 0.2) is 0 Å². The van der Waals surface area contributed by atoms with Crippen LogP contribution in [0.5, 0.6) is 0 Å². The van der Waals surface area contributed by atoms with Crippen LogP contribution in [-0.4, -0.2) is 21.2 Å². The summed E-state index contributed by atoms with van der Waals surface area (Å²) in [6, 6.07) is 0. The molecule has 0 unspecified atom stereocenters. The van der Waals surface area contributed by atoms with Crippen LogP contribution in [0, 0.1) is 5.41 Å². The van der Waals surface area contributed by atoms with Gasteiger partial charge in [-0.15, -0.1) is 0 Å². The van der Waals surface area contributed by atoms with Crippen molar-refractivity contribution in [2.24, 2.45) is 5.41 Å². The predicted molar refractivity (Wildman–Crippen MR) is 54.0 cm³/mol. The van der Waals surface area contributed by atoms with Gasteiger partial charge < -0.3 is 0 Å². The zero-order chi connectivity index (χ0) is 9.95. The van der Waals surface area contributed by atoms with E-state index >= 15 is 0 Å². The number of hydrogen-bond donors (Lipinski definition) is 1. The van der Waals surface area contributed by atoms with Crippen LogP contribution in [0.4, 0.5) is 0 Å². The fraction of sp³-hybridized carbons (Fsp3) is 1.00. The zero-order valence-electron chi connectivity index (χ0n) is 8.47. The average molecular weight is 205 g/mol. The molecule has 0 aromatic rings. The smallest absolute Gasteiger partial charge is 0.208 e. The summed E-state index contributed by atoms with van der Waals surface area (Å²) in [4.78, 5) is 0. The summed E-state index contributed by atoms with van der Waals surface area (Å²) in [5.41, 5.74) is 0.253. The third kappa shape index (κ3) is 3.27. The Balaban J connectivity index is 2.50. The van der Waals surface area contributed by atoms with Crippen LogP contribution in [0.2, 0.25) is 0 Å². The van der Waals surface area contributed by atoms with Crippen LogP contribution in [-0.2, 0) is 10.0 Å². The SMILES string of the molecule is CCC1(CNS(C)(=O)=O)CCCC1. The highest BCUT2D eigenvalue weighted by atomic mass is 32.2. The van der Waals surface area contributed by atoms with Crippen molar-refractivity contribution < 1.29 is 8.42 Å². The molecule has 1 aliphatic rings. The quantitative estimate of drug-likeness (QED) is 0.756. The Kier molecular flexibility index (Phi) is 3.35. The van der Waals surface area contributed by atoms with Crippen molar-refractivity contribution in [2.75, 3.05) is 12.8 Å². The molecular weight excluding hydrogens is 186 g/mol. The highest BCUT2D eigenvalue weighted by Crippen LogP contribution is 2.40. The second-order valence-electron chi connectivity index (χ2n) is 4.15. The van der Waals surface area contributed by atoms with E-state index in [1.807, 2.05) is 0 Å². The molecule has 0 aromatic carbocycles. The molecule has 0 heterocycles. The van der Waals surface area contributed by atoms with E-state index in [1.165, 1.54) is 31.9 Å². The Hall–Kier alpha value is -0.0900. The van der Waals surface area contributed by atoms with Gasteiger partial charge in [0.2, 0.25) is 10.0 Å². The first-order valence-electron chi connectivity index (χ1n) is 4.92. The van der Waals surface area contributed by atoms with Crippen LogP contribution in [0.3, 0.4) is 0 Å². The van der Waals surface area contributed by atoms with Crippen molar-refractivity contribution in [3.8, 4) is 0 Å². The molecule has 0 aliphatic heterocycles. The van der Waals surface area contributed by atoms with Crippen LogP contribution in [0.25, 0.3) is 0 Å². The molecule has 3 nitrogen and oxygen atoms in total. The largest absolute Gasteiger partial charge is 0.215 e. The maximum absolute atomic E-state index is 10.9. The number of hydrogen-bond acceptors (Lipinski definition) is 2. The molecule has 1 rings (SSSR count). The maximum atomic E-state index is 10.9. The van der Waals surface area contributed by atoms with Gasteiger partial charge in [-0.05, 0) is 24.7 Å². The lowest BCUT2D eigenvalue weighted by molar-refractivity contribution is 0.286. The standard InChI is InChI=1S/C9H19NO2S/c1-3-9(6-4-5-7-9)8-10-13(2,11)12/h10H,3-8H2,1-2H3. The minimum absolute atomic E-state index is 0.253. The van der Waals surface area contributed by atoms with E-state index in [4.69, 9.17) is 0 Å². The molecule has 0 atom stereocenters. The van der Waals surface area contributed by atoms with Crippen molar-refractivity contribution in [3.63, 3.8) is 0 Å². The Morgan fingerprint density at radius 2 is 1.85 bits per heavy atom. The van der Waals surface area contributed by atoms with Crippen molar-refractivity contribution in [1.29, 1.82) is 0 Å². The van der Waals surface area contributed by atoms with E-state index in [2.05, 4.69) is 11.6 Å². The fourth-order valence-electron chi connectivity index (χ4n) is 2.06. The molecule has 1 aliphatic carbocycles. The molecule has 0 aromatic heterocycles. The van der Waals surface area contributed by atoms with Crippen LogP contribution in [0.1, 0.15) is 39.0 Å². The summed E-state index contributed by atoms with van der Waals surface area (Å²) in [5.74, 6) is 0. The van der Waals surface area contributed by atoms with Gasteiger partial charge in [-0.2, -0.15) is 0 Å². The van der Waals surface area contributed by atoms with Gasteiger partial charge in [0.05, 0.1) is 6.26 Å². The summed E-state index contributed by atoms with van der Waals surface area (Å²) in [6.07, 6.45) is 7.15. The zero-order valence-corrected chi connectivity index (χ0v) is 9.28. The average Bonchev–Trinajstić information content (AvgIpc) is 2.49. The molecule has 0 radical (unpaired) electrons. The van der Waals surface area contributed by atoms with E-state index < -0.39 is 10.0 Å². The molecule has 1 fully saturated rings. The molecule has 13 heavy (non-hydrogen) atoms. The molecule has 78 valence electrons. The highest BCUT2D eigenvalue weighted by Gasteiger charge is 2.32. The summed E-state index contributed by atoms with van der Waals surface area (Å²) in [5, 5.41) is 0. The Morgan fingerprint density at radius 1 is 1.31 bits per heavy atom. The predicted octanol–water partition coefficient (Wildman–Crippen LogP) is 1.51. The van der Waals surface area contributed by atoms with Gasteiger partial charge in [0, 0.05) is 6.54 Å². The lowest BCUT2D eigenvalue weighted by Gasteiger charge is -2.27. The minimum Gasteiger partial charge on any atom is -0.215 e. The van der Waals surface area contributed by atoms with Crippen LogP contribution < -0.4 is 4.72 Å². The first kappa shape index (κ1) is 11.0. The summed E-state index contributed by atoms with van der Waals surface area (Å²) >= 11 is 0. The first-order chi connectivity index (χ1) is 5.97. The molecule has 0 saturated heterocycles. The minimum atomic E-state index is -3.01. The van der Waals surface area contributed by atoms with Gasteiger partial charge >= 0.3 is 0 Å². The normalized spacial score (nSPS) is 22.0. The van der Waals surface area contributed by atoms with Crippen molar-refractivity contribution >= 4 is 10.0 Å². The van der Waals surface area contributed by atoms with E-state index in [9.17, 15) is 8.42 Å². The van der Waals surface area contributed by atoms with Gasteiger partial charge in [-0.25, -0.2) is 13.1 Å². The number of nitrogens with one attached hydrogen (secondary N) is 1. The van der Waals surface area contributed by atoms with E-state index in [-0.39, 0.29) is 5.41 Å².